The van der Waals surface area contributed by atoms with Gasteiger partial charge in [0.1, 0.15) is 11.1 Å². The number of ether oxygens (including phenoxy) is 1. The van der Waals surface area contributed by atoms with E-state index in [0.29, 0.717) is 57.9 Å². The van der Waals surface area contributed by atoms with Gasteiger partial charge in [-0.3, -0.25) is 9.69 Å². The van der Waals surface area contributed by atoms with Crippen LogP contribution in [0.3, 0.4) is 0 Å². The molecule has 0 atom stereocenters. The van der Waals surface area contributed by atoms with Crippen LogP contribution in [0.25, 0.3) is 11.1 Å². The molecule has 2 heterocycles. The van der Waals surface area contributed by atoms with Crippen LogP contribution in [0.2, 0.25) is 0 Å². The Balaban J connectivity index is 1.52. The first-order valence-corrected chi connectivity index (χ1v) is 13.2. The summed E-state index contributed by atoms with van der Waals surface area (Å²) in [4.78, 5) is 31.2. The highest BCUT2D eigenvalue weighted by Crippen LogP contribution is 2.27. The van der Waals surface area contributed by atoms with Crippen molar-refractivity contribution in [2.75, 3.05) is 4.90 Å². The predicted molar refractivity (Wildman–Crippen MR) is 143 cm³/mol. The fraction of sp³-hybridized carbons (Fsp3) is 0.370. The number of nitrogens with zero attached hydrogens (tertiary/aromatic N) is 5. The lowest BCUT2D eigenvalue weighted by atomic mass is 10.1. The molecule has 0 aliphatic heterocycles. The normalized spacial score (nSPS) is 11.6. The van der Waals surface area contributed by atoms with Crippen molar-refractivity contribution in [3.05, 3.63) is 65.8 Å². The quantitative estimate of drug-likeness (QED) is 0.188. The number of ketones is 1. The highest BCUT2D eigenvalue weighted by atomic mass is 32.2. The Labute approximate surface area is 220 Å². The van der Waals surface area contributed by atoms with Gasteiger partial charge in [0.2, 0.25) is 5.89 Å². The van der Waals surface area contributed by atoms with Crippen molar-refractivity contribution in [1.29, 1.82) is 0 Å². The van der Waals surface area contributed by atoms with Gasteiger partial charge in [0.25, 0.3) is 0 Å². The number of carbonyl (C=O) groups is 2. The molecular formula is C27H31N5O4S. The van der Waals surface area contributed by atoms with E-state index in [0.717, 1.165) is 0 Å². The van der Waals surface area contributed by atoms with Gasteiger partial charge in [0.15, 0.2) is 22.3 Å². The molecule has 194 valence electrons. The lowest BCUT2D eigenvalue weighted by molar-refractivity contribution is 0.0576. The lowest BCUT2D eigenvalue weighted by Crippen LogP contribution is -2.37. The van der Waals surface area contributed by atoms with Gasteiger partial charge in [-0.2, -0.15) is 0 Å². The summed E-state index contributed by atoms with van der Waals surface area (Å²) >= 11 is 1.45. The molecule has 1 amide bonds. The zero-order chi connectivity index (χ0) is 26.6. The molecule has 0 bridgehead atoms. The molecule has 2 aromatic carbocycles. The minimum atomic E-state index is -0.631. The van der Waals surface area contributed by atoms with Gasteiger partial charge in [-0.1, -0.05) is 36.9 Å². The number of anilines is 1. The molecule has 0 radical (unpaired) electrons. The molecule has 9 nitrogen and oxygen atoms in total. The van der Waals surface area contributed by atoms with Gasteiger partial charge >= 0.3 is 6.09 Å². The standard InChI is InChI=1S/C27H31N5O4S/c1-6-21(33)18-13-14-20-22(15-18)35-24(28-20)17-37-25-30-29-23(31(25)7-2)16-32(19-11-9-8-10-12-19)26(34)36-27(3,4)5/h8-15H,6-7,16-17H2,1-5H3. The number of benzene rings is 2. The number of Topliss-reactive ketones (excluding diaryl/α,β-unsaturated/α-hetero) is 1. The Morgan fingerprint density at radius 2 is 1.84 bits per heavy atom. The van der Waals surface area contributed by atoms with Gasteiger partial charge in [-0.25, -0.2) is 9.78 Å². The Morgan fingerprint density at radius 1 is 1.08 bits per heavy atom. The van der Waals surface area contributed by atoms with Crippen molar-refractivity contribution < 1.29 is 18.7 Å². The number of rotatable bonds is 9. The molecule has 0 aliphatic rings. The molecule has 4 rings (SSSR count). The fourth-order valence-electron chi connectivity index (χ4n) is 3.73. The first kappa shape index (κ1) is 26.4. The van der Waals surface area contributed by atoms with Crippen LogP contribution in [-0.4, -0.2) is 37.2 Å². The molecule has 2 aromatic heterocycles. The van der Waals surface area contributed by atoms with E-state index < -0.39 is 11.7 Å². The maximum Gasteiger partial charge on any atom is 0.415 e. The lowest BCUT2D eigenvalue weighted by Gasteiger charge is -2.27. The molecule has 0 aliphatic carbocycles. The van der Waals surface area contributed by atoms with Gasteiger partial charge in [-0.05, 0) is 58.0 Å². The molecule has 0 N–H and O–H groups in total. The van der Waals surface area contributed by atoms with E-state index in [-0.39, 0.29) is 12.3 Å². The molecular weight excluding hydrogens is 490 g/mol. The number of carbonyl (C=O) groups excluding carboxylic acids is 2. The largest absolute Gasteiger partial charge is 0.443 e. The monoisotopic (exact) mass is 521 g/mol. The molecule has 10 heteroatoms. The molecule has 37 heavy (non-hydrogen) atoms. The maximum atomic E-state index is 13.1. The van der Waals surface area contributed by atoms with Crippen LogP contribution in [0.5, 0.6) is 0 Å². The van der Waals surface area contributed by atoms with E-state index in [1.54, 1.807) is 23.1 Å². The van der Waals surface area contributed by atoms with E-state index in [9.17, 15) is 9.59 Å². The number of amides is 1. The number of hydrogen-bond donors (Lipinski definition) is 0. The smallest absolute Gasteiger partial charge is 0.415 e. The predicted octanol–water partition coefficient (Wildman–Crippen LogP) is 6.27. The zero-order valence-electron chi connectivity index (χ0n) is 21.7. The highest BCUT2D eigenvalue weighted by Gasteiger charge is 2.26. The average Bonchev–Trinajstić information content (AvgIpc) is 3.47. The van der Waals surface area contributed by atoms with Crippen LogP contribution in [0.1, 0.15) is 63.1 Å². The Kier molecular flexibility index (Phi) is 7.97. The second kappa shape index (κ2) is 11.2. The van der Waals surface area contributed by atoms with E-state index >= 15 is 0 Å². The van der Waals surface area contributed by atoms with Gasteiger partial charge in [0, 0.05) is 24.2 Å². The van der Waals surface area contributed by atoms with Crippen molar-refractivity contribution in [3.8, 4) is 0 Å². The van der Waals surface area contributed by atoms with Crippen LogP contribution in [0, 0.1) is 0 Å². The second-order valence-electron chi connectivity index (χ2n) is 9.40. The minimum Gasteiger partial charge on any atom is -0.443 e. The van der Waals surface area contributed by atoms with Crippen molar-refractivity contribution >= 4 is 40.4 Å². The highest BCUT2D eigenvalue weighted by molar-refractivity contribution is 7.98. The molecule has 4 aromatic rings. The molecule has 0 saturated carbocycles. The Bertz CT molecular complexity index is 1390. The molecule has 0 unspecified atom stereocenters. The number of fused-ring (bicyclic) bond motifs is 1. The van der Waals surface area contributed by atoms with Crippen LogP contribution in [0.4, 0.5) is 10.5 Å². The van der Waals surface area contributed by atoms with Gasteiger partial charge in [0.05, 0.1) is 12.3 Å². The van der Waals surface area contributed by atoms with Crippen LogP contribution < -0.4 is 4.90 Å². The fourth-order valence-corrected chi connectivity index (χ4v) is 4.59. The van der Waals surface area contributed by atoms with Crippen LogP contribution in [-0.2, 0) is 23.6 Å². The third-order valence-corrected chi connectivity index (χ3v) is 6.44. The zero-order valence-corrected chi connectivity index (χ0v) is 22.5. The Hall–Kier alpha value is -3.66. The minimum absolute atomic E-state index is 0.0636. The summed E-state index contributed by atoms with van der Waals surface area (Å²) in [5.41, 5.74) is 1.99. The summed E-state index contributed by atoms with van der Waals surface area (Å²) in [6, 6.07) is 14.7. The first-order valence-electron chi connectivity index (χ1n) is 12.2. The summed E-state index contributed by atoms with van der Waals surface area (Å²) in [5.74, 6) is 1.68. The summed E-state index contributed by atoms with van der Waals surface area (Å²) in [6.45, 7) is 10.2. The van der Waals surface area contributed by atoms with E-state index in [4.69, 9.17) is 9.15 Å². The van der Waals surface area contributed by atoms with Crippen molar-refractivity contribution in [2.24, 2.45) is 0 Å². The SMILES string of the molecule is CCC(=O)c1ccc2nc(CSc3nnc(CN(C(=O)OC(C)(C)C)c4ccccc4)n3CC)oc2c1. The molecule has 0 saturated heterocycles. The Morgan fingerprint density at radius 3 is 2.51 bits per heavy atom. The summed E-state index contributed by atoms with van der Waals surface area (Å²) in [6.07, 6.45) is -0.0153. The number of thioether (sulfide) groups is 1. The summed E-state index contributed by atoms with van der Waals surface area (Å²) < 4.78 is 13.5. The number of aromatic nitrogens is 4. The summed E-state index contributed by atoms with van der Waals surface area (Å²) in [7, 11) is 0. The van der Waals surface area contributed by atoms with Crippen LogP contribution >= 0.6 is 11.8 Å². The van der Waals surface area contributed by atoms with Crippen molar-refractivity contribution in [1.82, 2.24) is 19.7 Å². The van der Waals surface area contributed by atoms with Crippen molar-refractivity contribution in [3.63, 3.8) is 0 Å². The number of para-hydroxylation sites is 1. The second-order valence-corrected chi connectivity index (χ2v) is 10.3. The maximum absolute atomic E-state index is 13.1. The van der Waals surface area contributed by atoms with Crippen molar-refractivity contribution in [2.45, 2.75) is 70.6 Å². The van der Waals surface area contributed by atoms with Crippen LogP contribution in [0.15, 0.2) is 58.1 Å². The third-order valence-electron chi connectivity index (χ3n) is 5.49. The number of hydrogen-bond acceptors (Lipinski definition) is 8. The van der Waals surface area contributed by atoms with Gasteiger partial charge < -0.3 is 13.7 Å². The third kappa shape index (κ3) is 6.37. The van der Waals surface area contributed by atoms with E-state index in [1.807, 2.05) is 69.5 Å². The average molecular weight is 522 g/mol. The van der Waals surface area contributed by atoms with Gasteiger partial charge in [-0.15, -0.1) is 10.2 Å². The van der Waals surface area contributed by atoms with E-state index in [1.165, 1.54) is 11.8 Å². The first-order chi connectivity index (χ1) is 17.7. The van der Waals surface area contributed by atoms with E-state index in [2.05, 4.69) is 15.2 Å². The molecule has 0 fully saturated rings. The summed E-state index contributed by atoms with van der Waals surface area (Å²) in [5, 5.41) is 9.44. The topological polar surface area (TPSA) is 103 Å². The molecule has 0 spiro atoms. The number of oxazole rings is 1.